The number of hydrogen-bond donors (Lipinski definition) is 3. The van der Waals surface area contributed by atoms with Crippen LogP contribution in [0, 0.1) is 17.8 Å². The zero-order valence-electron chi connectivity index (χ0n) is 37.6. The highest BCUT2D eigenvalue weighted by Gasteiger charge is 2.58. The molecule has 0 saturated carbocycles. The van der Waals surface area contributed by atoms with Crippen LogP contribution in [-0.2, 0) is 18.7 Å². The number of nitrogens with zero attached hydrogens (tertiary/aromatic N) is 1. The normalized spacial score (nSPS) is 20.3. The molecule has 0 aromatic heterocycles. The molecule has 6 aromatic rings. The minimum absolute atomic E-state index is 0.207. The number of carbonyl (C=O) groups excluding carboxylic acids is 2. The Balaban J connectivity index is 1.09. The summed E-state index contributed by atoms with van der Waals surface area (Å²) >= 11 is 0. The Morgan fingerprint density at radius 2 is 1.38 bits per heavy atom. The quantitative estimate of drug-likeness (QED) is 0.0602. The summed E-state index contributed by atoms with van der Waals surface area (Å²) in [6.07, 6.45) is 4.30. The number of fused-ring (bicyclic) bond motifs is 4. The predicted molar refractivity (Wildman–Crippen MR) is 265 cm³/mol. The first-order valence-electron chi connectivity index (χ1n) is 23.0. The van der Waals surface area contributed by atoms with Gasteiger partial charge in [0.05, 0.1) is 30.2 Å². The third kappa shape index (κ3) is 8.52. The number of carbonyl (C=O) groups is 2. The molecule has 2 amide bonds. The van der Waals surface area contributed by atoms with Gasteiger partial charge in [0.1, 0.15) is 5.75 Å². The highest BCUT2D eigenvalue weighted by Crippen LogP contribution is 2.52. The van der Waals surface area contributed by atoms with Gasteiger partial charge < -0.3 is 24.5 Å². The Bertz CT molecular complexity index is 2700. The SMILES string of the molecule is CC/C(=C\c1ccc(O)c2ccccc12)CC[C@H]1OB(O)C[C@H]2C1=C(CO[Si](c1ccccc1)(c1ccccc1)C(C)(C)C)C[C@H]1C(=O)N(c3ccc(Nc4ccccc4)cc3)C(=O)[C@H]12. The molecule has 2 saturated heterocycles. The van der Waals surface area contributed by atoms with Gasteiger partial charge in [0, 0.05) is 16.8 Å². The summed E-state index contributed by atoms with van der Waals surface area (Å²) in [6.45, 7) is 9.17. The molecule has 6 aromatic carbocycles. The predicted octanol–water partition coefficient (Wildman–Crippen LogP) is 10.4. The minimum atomic E-state index is -3.02. The molecule has 3 N–H and O–H groups in total. The Hall–Kier alpha value is -6.04. The molecular weight excluding hydrogens is 824 g/mol. The maximum Gasteiger partial charge on any atom is 0.455 e. The summed E-state index contributed by atoms with van der Waals surface area (Å²) in [5, 5.41) is 29.4. The van der Waals surface area contributed by atoms with Crippen molar-refractivity contribution in [2.45, 2.75) is 70.8 Å². The number of benzene rings is 6. The van der Waals surface area contributed by atoms with E-state index in [1.54, 1.807) is 6.07 Å². The van der Waals surface area contributed by atoms with Gasteiger partial charge >= 0.3 is 7.12 Å². The molecule has 65 heavy (non-hydrogen) atoms. The van der Waals surface area contributed by atoms with Crippen LogP contribution in [0.15, 0.2) is 168 Å². The summed E-state index contributed by atoms with van der Waals surface area (Å²) in [7, 11) is -4.13. The van der Waals surface area contributed by atoms with E-state index in [-0.39, 0.29) is 35.5 Å². The molecule has 2 heterocycles. The molecule has 9 rings (SSSR count). The number of allylic oxidation sites excluding steroid dienone is 1. The van der Waals surface area contributed by atoms with Crippen molar-refractivity contribution in [1.29, 1.82) is 0 Å². The van der Waals surface area contributed by atoms with Crippen molar-refractivity contribution in [3.05, 3.63) is 174 Å². The fourth-order valence-electron chi connectivity index (χ4n) is 10.8. The van der Waals surface area contributed by atoms with Crippen LogP contribution >= 0.6 is 0 Å². The smallest absolute Gasteiger partial charge is 0.455 e. The molecule has 8 nitrogen and oxygen atoms in total. The van der Waals surface area contributed by atoms with Gasteiger partial charge in [0.15, 0.2) is 0 Å². The first-order chi connectivity index (χ1) is 31.5. The van der Waals surface area contributed by atoms with Crippen LogP contribution in [0.1, 0.15) is 58.9 Å². The summed E-state index contributed by atoms with van der Waals surface area (Å²) in [5.41, 5.74) is 6.51. The number of amides is 2. The Morgan fingerprint density at radius 1 is 0.785 bits per heavy atom. The first kappa shape index (κ1) is 44.2. The van der Waals surface area contributed by atoms with Crippen LogP contribution < -0.4 is 20.6 Å². The van der Waals surface area contributed by atoms with Crippen LogP contribution in [0.4, 0.5) is 17.1 Å². The van der Waals surface area contributed by atoms with E-state index in [2.05, 4.69) is 87.6 Å². The molecule has 0 bridgehead atoms. The largest absolute Gasteiger partial charge is 0.507 e. The molecule has 2 fully saturated rings. The van der Waals surface area contributed by atoms with E-state index < -0.39 is 39.3 Å². The van der Waals surface area contributed by atoms with Gasteiger partial charge in [-0.3, -0.25) is 14.5 Å². The van der Waals surface area contributed by atoms with E-state index in [0.29, 0.717) is 24.9 Å². The third-order valence-electron chi connectivity index (χ3n) is 13.9. The van der Waals surface area contributed by atoms with Crippen LogP contribution in [0.2, 0.25) is 11.4 Å². The highest BCUT2D eigenvalue weighted by atomic mass is 28.4. The standard InChI is InChI=1S/C55H57BN2O6Si/c1-5-37(33-38-26-31-49(59)46-24-16-15-23-45(38)46)25-32-50-51-39(36-63-65(55(2,3)4,43-19-11-7-12-20-43)44-21-13-8-14-22-44)34-47-52(48(51)35-56(62)64-50)54(61)58(53(47)60)42-29-27-41(28-30-42)57-40-17-9-6-10-18-40/h6-24,26-31,33,47-48,50,52,57,59,62H,5,25,32,34-36H2,1-4H3/b37-33+/t47-,48+,50-,52-/m1/s1. The Kier molecular flexibility index (Phi) is 12.5. The fraction of sp³-hybridized carbons (Fsp3) is 0.273. The van der Waals surface area contributed by atoms with E-state index in [1.807, 2.05) is 97.1 Å². The molecule has 4 atom stereocenters. The van der Waals surface area contributed by atoms with Gasteiger partial charge in [-0.2, -0.15) is 0 Å². The van der Waals surface area contributed by atoms with Gasteiger partial charge in [-0.15, -0.1) is 0 Å². The number of phenols is 1. The topological polar surface area (TPSA) is 108 Å². The second kappa shape index (κ2) is 18.4. The van der Waals surface area contributed by atoms with Crippen molar-refractivity contribution in [3.8, 4) is 5.75 Å². The van der Waals surface area contributed by atoms with Gasteiger partial charge in [0.25, 0.3) is 8.32 Å². The Morgan fingerprint density at radius 3 is 2.02 bits per heavy atom. The van der Waals surface area contributed by atoms with Gasteiger partial charge in [-0.1, -0.05) is 149 Å². The third-order valence-corrected chi connectivity index (χ3v) is 18.8. The molecule has 0 spiro atoms. The van der Waals surface area contributed by atoms with Crippen molar-refractivity contribution in [2.75, 3.05) is 16.8 Å². The summed E-state index contributed by atoms with van der Waals surface area (Å²) in [4.78, 5) is 31.0. The lowest BCUT2D eigenvalue weighted by Crippen LogP contribution is -2.66. The zero-order chi connectivity index (χ0) is 45.3. The molecule has 0 radical (unpaired) electrons. The fourth-order valence-corrected chi connectivity index (χ4v) is 15.4. The van der Waals surface area contributed by atoms with Crippen molar-refractivity contribution >= 4 is 71.5 Å². The van der Waals surface area contributed by atoms with Gasteiger partial charge in [-0.25, -0.2) is 0 Å². The van der Waals surface area contributed by atoms with E-state index >= 15 is 0 Å². The van der Waals surface area contributed by atoms with Crippen LogP contribution in [0.5, 0.6) is 5.75 Å². The Labute approximate surface area is 383 Å². The minimum Gasteiger partial charge on any atom is -0.507 e. The van der Waals surface area contributed by atoms with Gasteiger partial charge in [-0.05, 0) is 118 Å². The van der Waals surface area contributed by atoms with Crippen molar-refractivity contribution in [2.24, 2.45) is 17.8 Å². The van der Waals surface area contributed by atoms with E-state index in [9.17, 15) is 19.7 Å². The lowest BCUT2D eigenvalue weighted by molar-refractivity contribution is -0.122. The highest BCUT2D eigenvalue weighted by molar-refractivity contribution is 6.99. The average Bonchev–Trinajstić information content (AvgIpc) is 3.57. The van der Waals surface area contributed by atoms with Crippen molar-refractivity contribution < 1.29 is 28.8 Å². The lowest BCUT2D eigenvalue weighted by atomic mass is 9.58. The maximum atomic E-state index is 14.9. The summed E-state index contributed by atoms with van der Waals surface area (Å²) in [6, 6.07) is 50.0. The maximum absolute atomic E-state index is 14.9. The number of para-hydroxylation sites is 1. The zero-order valence-corrected chi connectivity index (χ0v) is 38.6. The van der Waals surface area contributed by atoms with E-state index in [4.69, 9.17) is 9.08 Å². The number of imide groups is 1. The first-order valence-corrected chi connectivity index (χ1v) is 24.9. The molecule has 10 heteroatoms. The monoisotopic (exact) mass is 880 g/mol. The average molecular weight is 881 g/mol. The van der Waals surface area contributed by atoms with Crippen molar-refractivity contribution in [3.63, 3.8) is 0 Å². The number of aromatic hydroxyl groups is 1. The molecule has 2 aliphatic heterocycles. The summed E-state index contributed by atoms with van der Waals surface area (Å²) in [5.74, 6) is -1.90. The van der Waals surface area contributed by atoms with Crippen molar-refractivity contribution in [1.82, 2.24) is 0 Å². The van der Waals surface area contributed by atoms with Crippen LogP contribution in [0.3, 0.4) is 0 Å². The summed E-state index contributed by atoms with van der Waals surface area (Å²) < 4.78 is 14.2. The lowest BCUT2D eigenvalue weighted by Gasteiger charge is -2.46. The number of nitrogens with one attached hydrogen (secondary N) is 1. The second-order valence-corrected chi connectivity index (χ2v) is 23.0. The second-order valence-electron chi connectivity index (χ2n) is 18.7. The molecular formula is C55H57BN2O6Si. The molecule has 3 aliphatic rings. The van der Waals surface area contributed by atoms with Crippen LogP contribution in [-0.4, -0.2) is 50.1 Å². The van der Waals surface area contributed by atoms with E-state index in [1.165, 1.54) is 10.5 Å². The van der Waals surface area contributed by atoms with Gasteiger partial charge in [0.2, 0.25) is 11.8 Å². The van der Waals surface area contributed by atoms with Crippen LogP contribution in [0.25, 0.3) is 16.8 Å². The number of phenolic OH excluding ortho intramolecular Hbond substituents is 1. The van der Waals surface area contributed by atoms with E-state index in [0.717, 1.165) is 55.7 Å². The number of anilines is 3. The molecule has 330 valence electrons. The number of hydrogen-bond acceptors (Lipinski definition) is 7. The number of rotatable bonds is 13. The molecule has 0 unspecified atom stereocenters. The molecule has 1 aliphatic carbocycles.